The first-order valence-electron chi connectivity index (χ1n) is 5.08. The van der Waals surface area contributed by atoms with Crippen LogP contribution in [0.1, 0.15) is 25.3 Å². The molecule has 0 nitrogen and oxygen atoms in total. The summed E-state index contributed by atoms with van der Waals surface area (Å²) in [5, 5.41) is 1.07. The standard InChI is InChI=1S/C13H17Br/c1-12(6-5-11-14)9-10-13-7-3-2-4-8-13/h2-4,6-8H,5,9-11H2,1H3. The van der Waals surface area contributed by atoms with Gasteiger partial charge in [0, 0.05) is 5.33 Å². The van der Waals surface area contributed by atoms with Crippen molar-refractivity contribution in [1.29, 1.82) is 0 Å². The second-order valence-electron chi connectivity index (χ2n) is 3.51. The molecule has 0 saturated heterocycles. The van der Waals surface area contributed by atoms with Gasteiger partial charge in [-0.1, -0.05) is 57.9 Å². The molecule has 0 unspecified atom stereocenters. The van der Waals surface area contributed by atoms with E-state index in [2.05, 4.69) is 59.3 Å². The van der Waals surface area contributed by atoms with Gasteiger partial charge in [-0.25, -0.2) is 0 Å². The fourth-order valence-corrected chi connectivity index (χ4v) is 1.62. The van der Waals surface area contributed by atoms with Crippen molar-refractivity contribution >= 4 is 15.9 Å². The summed E-state index contributed by atoms with van der Waals surface area (Å²) >= 11 is 3.43. The van der Waals surface area contributed by atoms with E-state index in [0.717, 1.165) is 18.2 Å². The van der Waals surface area contributed by atoms with Gasteiger partial charge >= 0.3 is 0 Å². The van der Waals surface area contributed by atoms with E-state index in [1.54, 1.807) is 0 Å². The van der Waals surface area contributed by atoms with E-state index in [4.69, 9.17) is 0 Å². The molecule has 0 amide bonds. The van der Waals surface area contributed by atoms with Crippen molar-refractivity contribution in [2.75, 3.05) is 5.33 Å². The molecule has 0 saturated carbocycles. The fraction of sp³-hybridized carbons (Fsp3) is 0.385. The fourth-order valence-electron chi connectivity index (χ4n) is 1.39. The first-order valence-corrected chi connectivity index (χ1v) is 6.20. The number of benzene rings is 1. The molecule has 0 aliphatic heterocycles. The van der Waals surface area contributed by atoms with Crippen LogP contribution in [0, 0.1) is 0 Å². The quantitative estimate of drug-likeness (QED) is 0.540. The molecule has 0 heterocycles. The Kier molecular flexibility index (Phi) is 5.62. The number of aryl methyl sites for hydroxylation is 1. The van der Waals surface area contributed by atoms with Gasteiger partial charge in [-0.15, -0.1) is 0 Å². The highest BCUT2D eigenvalue weighted by molar-refractivity contribution is 9.09. The van der Waals surface area contributed by atoms with Gasteiger partial charge in [-0.3, -0.25) is 0 Å². The predicted octanol–water partition coefficient (Wildman–Crippen LogP) is 4.35. The largest absolute Gasteiger partial charge is 0.0925 e. The van der Waals surface area contributed by atoms with Crippen LogP contribution in [0.25, 0.3) is 0 Å². The van der Waals surface area contributed by atoms with Gasteiger partial charge in [0.05, 0.1) is 0 Å². The SMILES string of the molecule is CC(=CCCBr)CCc1ccccc1. The monoisotopic (exact) mass is 252 g/mol. The molecule has 1 heteroatoms. The predicted molar refractivity (Wildman–Crippen MR) is 66.9 cm³/mol. The van der Waals surface area contributed by atoms with Gasteiger partial charge in [0.25, 0.3) is 0 Å². The number of alkyl halides is 1. The summed E-state index contributed by atoms with van der Waals surface area (Å²) in [6.07, 6.45) is 5.79. The molecular formula is C13H17Br. The van der Waals surface area contributed by atoms with Crippen LogP contribution in [0.4, 0.5) is 0 Å². The molecule has 0 fully saturated rings. The van der Waals surface area contributed by atoms with Gasteiger partial charge in [-0.2, -0.15) is 0 Å². The average molecular weight is 253 g/mol. The van der Waals surface area contributed by atoms with Crippen LogP contribution in [0.3, 0.4) is 0 Å². The Balaban J connectivity index is 2.34. The minimum Gasteiger partial charge on any atom is -0.0925 e. The molecule has 0 aliphatic carbocycles. The van der Waals surface area contributed by atoms with Crippen molar-refractivity contribution in [2.45, 2.75) is 26.2 Å². The van der Waals surface area contributed by atoms with Gasteiger partial charge in [0.2, 0.25) is 0 Å². The lowest BCUT2D eigenvalue weighted by molar-refractivity contribution is 0.930. The highest BCUT2D eigenvalue weighted by atomic mass is 79.9. The molecule has 0 aliphatic rings. The third kappa shape index (κ3) is 4.61. The zero-order valence-electron chi connectivity index (χ0n) is 8.67. The smallest absolute Gasteiger partial charge is 0.00660 e. The molecule has 0 spiro atoms. The zero-order chi connectivity index (χ0) is 10.2. The van der Waals surface area contributed by atoms with Gasteiger partial charge in [0.15, 0.2) is 0 Å². The Morgan fingerprint density at radius 2 is 2.00 bits per heavy atom. The van der Waals surface area contributed by atoms with E-state index in [1.165, 1.54) is 17.6 Å². The van der Waals surface area contributed by atoms with Crippen LogP contribution in [0.2, 0.25) is 0 Å². The van der Waals surface area contributed by atoms with E-state index in [9.17, 15) is 0 Å². The molecule has 1 aromatic rings. The molecule has 0 aromatic heterocycles. The number of hydrogen-bond acceptors (Lipinski definition) is 0. The minimum absolute atomic E-state index is 1.07. The maximum absolute atomic E-state index is 3.43. The Bertz CT molecular complexity index is 275. The topological polar surface area (TPSA) is 0 Å². The minimum atomic E-state index is 1.07. The molecule has 0 bridgehead atoms. The number of allylic oxidation sites excluding steroid dienone is 2. The van der Waals surface area contributed by atoms with Crippen LogP contribution in [0.5, 0.6) is 0 Å². The normalized spacial score (nSPS) is 11.7. The van der Waals surface area contributed by atoms with Crippen LogP contribution < -0.4 is 0 Å². The highest BCUT2D eigenvalue weighted by Gasteiger charge is 1.93. The lowest BCUT2D eigenvalue weighted by atomic mass is 10.1. The summed E-state index contributed by atoms with van der Waals surface area (Å²) in [6.45, 7) is 2.21. The molecule has 1 rings (SSSR count). The second-order valence-corrected chi connectivity index (χ2v) is 4.31. The molecule has 0 radical (unpaired) electrons. The van der Waals surface area contributed by atoms with E-state index < -0.39 is 0 Å². The summed E-state index contributed by atoms with van der Waals surface area (Å²) < 4.78 is 0. The van der Waals surface area contributed by atoms with Crippen LogP contribution in [-0.2, 0) is 6.42 Å². The van der Waals surface area contributed by atoms with Crippen LogP contribution in [-0.4, -0.2) is 5.33 Å². The number of hydrogen-bond donors (Lipinski definition) is 0. The average Bonchev–Trinajstić information content (AvgIpc) is 2.25. The van der Waals surface area contributed by atoms with Crippen LogP contribution in [0.15, 0.2) is 42.0 Å². The number of rotatable bonds is 5. The summed E-state index contributed by atoms with van der Waals surface area (Å²) in [5.41, 5.74) is 2.92. The molecule has 14 heavy (non-hydrogen) atoms. The third-order valence-electron chi connectivity index (χ3n) is 2.25. The van der Waals surface area contributed by atoms with E-state index >= 15 is 0 Å². The van der Waals surface area contributed by atoms with E-state index in [0.29, 0.717) is 0 Å². The maximum Gasteiger partial charge on any atom is 0.00660 e. The summed E-state index contributed by atoms with van der Waals surface area (Å²) in [6, 6.07) is 10.7. The van der Waals surface area contributed by atoms with Crippen molar-refractivity contribution in [3.05, 3.63) is 47.5 Å². The second kappa shape index (κ2) is 6.83. The maximum atomic E-state index is 3.43. The first-order chi connectivity index (χ1) is 6.83. The molecule has 1 aromatic carbocycles. The summed E-state index contributed by atoms with van der Waals surface area (Å²) in [7, 11) is 0. The summed E-state index contributed by atoms with van der Waals surface area (Å²) in [4.78, 5) is 0. The van der Waals surface area contributed by atoms with Gasteiger partial charge < -0.3 is 0 Å². The van der Waals surface area contributed by atoms with Crippen molar-refractivity contribution in [1.82, 2.24) is 0 Å². The van der Waals surface area contributed by atoms with Gasteiger partial charge in [-0.05, 0) is 31.7 Å². The van der Waals surface area contributed by atoms with Crippen molar-refractivity contribution < 1.29 is 0 Å². The summed E-state index contributed by atoms with van der Waals surface area (Å²) in [5.74, 6) is 0. The van der Waals surface area contributed by atoms with E-state index in [1.807, 2.05) is 0 Å². The molecule has 0 atom stereocenters. The van der Waals surface area contributed by atoms with Crippen molar-refractivity contribution in [3.8, 4) is 0 Å². The van der Waals surface area contributed by atoms with Crippen molar-refractivity contribution in [3.63, 3.8) is 0 Å². The van der Waals surface area contributed by atoms with Crippen molar-refractivity contribution in [2.24, 2.45) is 0 Å². The van der Waals surface area contributed by atoms with E-state index in [-0.39, 0.29) is 0 Å². The lowest BCUT2D eigenvalue weighted by Gasteiger charge is -2.01. The highest BCUT2D eigenvalue weighted by Crippen LogP contribution is 2.09. The molecular weight excluding hydrogens is 236 g/mol. The Labute approximate surface area is 95.2 Å². The zero-order valence-corrected chi connectivity index (χ0v) is 10.3. The molecule has 76 valence electrons. The lowest BCUT2D eigenvalue weighted by Crippen LogP contribution is -1.86. The Hall–Kier alpha value is -0.560. The first kappa shape index (κ1) is 11.5. The van der Waals surface area contributed by atoms with Gasteiger partial charge in [0.1, 0.15) is 0 Å². The Morgan fingerprint density at radius 3 is 2.64 bits per heavy atom. The third-order valence-corrected chi connectivity index (χ3v) is 2.71. The Morgan fingerprint density at radius 1 is 1.29 bits per heavy atom. The number of halogens is 1. The molecule has 0 N–H and O–H groups in total. The van der Waals surface area contributed by atoms with Crippen LogP contribution >= 0.6 is 15.9 Å².